The summed E-state index contributed by atoms with van der Waals surface area (Å²) >= 11 is 1.42. The molecule has 0 spiro atoms. The van der Waals surface area contributed by atoms with E-state index in [-0.39, 0.29) is 11.5 Å². The minimum Gasteiger partial charge on any atom is -0.507 e. The highest BCUT2D eigenvalue weighted by atomic mass is 32.2. The highest BCUT2D eigenvalue weighted by Crippen LogP contribution is 2.42. The van der Waals surface area contributed by atoms with E-state index in [1.807, 2.05) is 12.1 Å². The highest BCUT2D eigenvalue weighted by Gasteiger charge is 2.12. The van der Waals surface area contributed by atoms with Gasteiger partial charge in [-0.25, -0.2) is 0 Å². The van der Waals surface area contributed by atoms with E-state index in [4.69, 9.17) is 0 Å². The normalized spacial score (nSPS) is 10.6. The summed E-state index contributed by atoms with van der Waals surface area (Å²) in [7, 11) is 0. The predicted octanol–water partition coefficient (Wildman–Crippen LogP) is 4.37. The molecule has 2 aromatic rings. The van der Waals surface area contributed by atoms with E-state index in [0.29, 0.717) is 4.90 Å². The maximum absolute atomic E-state index is 9.86. The second kappa shape index (κ2) is 6.02. The first-order chi connectivity index (χ1) is 9.17. The number of hydrogen-bond donors (Lipinski definition) is 2. The maximum atomic E-state index is 9.86. The molecule has 0 heterocycles. The van der Waals surface area contributed by atoms with E-state index in [9.17, 15) is 10.2 Å². The number of phenols is 2. The summed E-state index contributed by atoms with van der Waals surface area (Å²) in [5.74, 6) is 0.239. The van der Waals surface area contributed by atoms with Crippen molar-refractivity contribution in [3.05, 3.63) is 47.5 Å². The van der Waals surface area contributed by atoms with Gasteiger partial charge in [-0.15, -0.1) is 0 Å². The lowest BCUT2D eigenvalue weighted by Crippen LogP contribution is -1.93. The van der Waals surface area contributed by atoms with Crippen molar-refractivity contribution in [3.63, 3.8) is 0 Å². The van der Waals surface area contributed by atoms with Crippen molar-refractivity contribution in [2.75, 3.05) is 0 Å². The molecule has 0 bridgehead atoms. The molecule has 0 atom stereocenters. The summed E-state index contributed by atoms with van der Waals surface area (Å²) in [5, 5.41) is 19.7. The minimum absolute atomic E-state index is 0.119. The van der Waals surface area contributed by atoms with Gasteiger partial charge in [-0.1, -0.05) is 43.8 Å². The molecule has 0 unspecified atom stereocenters. The monoisotopic (exact) mass is 274 g/mol. The van der Waals surface area contributed by atoms with Gasteiger partial charge in [-0.3, -0.25) is 0 Å². The summed E-state index contributed by atoms with van der Waals surface area (Å²) < 4.78 is 0. The van der Waals surface area contributed by atoms with E-state index in [1.54, 1.807) is 18.2 Å². The Kier molecular flexibility index (Phi) is 4.38. The molecule has 0 amide bonds. The molecule has 0 aliphatic heterocycles. The zero-order valence-corrected chi connectivity index (χ0v) is 12.0. The third-order valence-corrected chi connectivity index (χ3v) is 4.37. The Morgan fingerprint density at radius 2 is 1.53 bits per heavy atom. The Bertz CT molecular complexity index is 559. The van der Waals surface area contributed by atoms with Crippen LogP contribution in [0.4, 0.5) is 0 Å². The molecule has 0 saturated carbocycles. The summed E-state index contributed by atoms with van der Waals surface area (Å²) in [4.78, 5) is 1.61. The number of benzene rings is 2. The third kappa shape index (κ3) is 2.87. The van der Waals surface area contributed by atoms with Gasteiger partial charge >= 0.3 is 0 Å². The van der Waals surface area contributed by atoms with Crippen molar-refractivity contribution in [2.45, 2.75) is 36.5 Å². The molecule has 3 heteroatoms. The Labute approximate surface area is 118 Å². The lowest BCUT2D eigenvalue weighted by molar-refractivity contribution is 0.428. The average Bonchev–Trinajstić information content (AvgIpc) is 2.42. The van der Waals surface area contributed by atoms with E-state index >= 15 is 0 Å². The molecule has 2 aromatic carbocycles. The molecular formula is C16H18O2S. The molecule has 19 heavy (non-hydrogen) atoms. The van der Waals surface area contributed by atoms with Crippen LogP contribution in [0.5, 0.6) is 11.5 Å². The fourth-order valence-corrected chi connectivity index (χ4v) is 3.28. The molecule has 2 rings (SSSR count). The van der Waals surface area contributed by atoms with Crippen LogP contribution in [-0.4, -0.2) is 10.2 Å². The fraction of sp³-hybridized carbons (Fsp3) is 0.250. The summed E-state index contributed by atoms with van der Waals surface area (Å²) in [6, 6.07) is 11.0. The van der Waals surface area contributed by atoms with Gasteiger partial charge in [-0.2, -0.15) is 0 Å². The van der Waals surface area contributed by atoms with E-state index < -0.39 is 0 Å². The number of hydrogen-bond acceptors (Lipinski definition) is 3. The topological polar surface area (TPSA) is 40.5 Å². The van der Waals surface area contributed by atoms with Gasteiger partial charge in [0.15, 0.2) is 0 Å². The van der Waals surface area contributed by atoms with Gasteiger partial charge < -0.3 is 10.2 Å². The van der Waals surface area contributed by atoms with Crippen LogP contribution in [0, 0.1) is 0 Å². The first-order valence-corrected chi connectivity index (χ1v) is 7.28. The zero-order valence-electron chi connectivity index (χ0n) is 11.2. The van der Waals surface area contributed by atoms with E-state index in [1.165, 1.54) is 22.9 Å². The Morgan fingerprint density at radius 3 is 2.11 bits per heavy atom. The number of aryl methyl sites for hydroxylation is 1. The Hall–Kier alpha value is -1.61. The van der Waals surface area contributed by atoms with Crippen LogP contribution in [0.25, 0.3) is 0 Å². The molecule has 0 aliphatic rings. The quantitative estimate of drug-likeness (QED) is 0.869. The Balaban J connectivity index is 2.44. The lowest BCUT2D eigenvalue weighted by Gasteiger charge is -2.13. The van der Waals surface area contributed by atoms with Crippen molar-refractivity contribution < 1.29 is 10.2 Å². The van der Waals surface area contributed by atoms with Crippen LogP contribution in [0.3, 0.4) is 0 Å². The molecule has 100 valence electrons. The summed E-state index contributed by atoms with van der Waals surface area (Å²) in [6.07, 6.45) is 1.94. The molecule has 2 N–H and O–H groups in total. The van der Waals surface area contributed by atoms with Gasteiger partial charge in [0.25, 0.3) is 0 Å². The van der Waals surface area contributed by atoms with Gasteiger partial charge in [0, 0.05) is 4.90 Å². The van der Waals surface area contributed by atoms with Crippen LogP contribution in [-0.2, 0) is 12.8 Å². The van der Waals surface area contributed by atoms with Gasteiger partial charge in [0.1, 0.15) is 11.5 Å². The van der Waals surface area contributed by atoms with Crippen LogP contribution in [0.15, 0.2) is 46.2 Å². The number of aromatic hydroxyl groups is 2. The maximum Gasteiger partial charge on any atom is 0.133 e. The summed E-state index contributed by atoms with van der Waals surface area (Å²) in [6.45, 7) is 4.27. The van der Waals surface area contributed by atoms with E-state index in [2.05, 4.69) is 19.9 Å². The van der Waals surface area contributed by atoms with Crippen LogP contribution in [0.2, 0.25) is 0 Å². The molecule has 0 radical (unpaired) electrons. The molecule has 2 nitrogen and oxygen atoms in total. The fourth-order valence-electron chi connectivity index (χ4n) is 2.17. The average molecular weight is 274 g/mol. The van der Waals surface area contributed by atoms with Crippen molar-refractivity contribution in [1.29, 1.82) is 0 Å². The van der Waals surface area contributed by atoms with Gasteiger partial charge in [0.2, 0.25) is 0 Å². The standard InChI is InChI=1S/C16H18O2S/c1-3-11-7-5-10-15(12(11)4-2)19-16-13(17)8-6-9-14(16)18/h5-10,17-18H,3-4H2,1-2H3. The van der Waals surface area contributed by atoms with Crippen molar-refractivity contribution in [1.82, 2.24) is 0 Å². The smallest absolute Gasteiger partial charge is 0.133 e. The number of rotatable bonds is 4. The second-order valence-electron chi connectivity index (χ2n) is 4.33. The van der Waals surface area contributed by atoms with Crippen molar-refractivity contribution >= 4 is 11.8 Å². The largest absolute Gasteiger partial charge is 0.507 e. The van der Waals surface area contributed by atoms with Gasteiger partial charge in [0.05, 0.1) is 4.90 Å². The molecule has 0 fully saturated rings. The molecule has 0 aliphatic carbocycles. The van der Waals surface area contributed by atoms with Crippen LogP contribution >= 0.6 is 11.8 Å². The molecular weight excluding hydrogens is 256 g/mol. The zero-order chi connectivity index (χ0) is 13.8. The van der Waals surface area contributed by atoms with Crippen LogP contribution in [0.1, 0.15) is 25.0 Å². The van der Waals surface area contributed by atoms with Gasteiger partial charge in [-0.05, 0) is 42.2 Å². The predicted molar refractivity (Wildman–Crippen MR) is 79.1 cm³/mol. The minimum atomic E-state index is 0.119. The second-order valence-corrected chi connectivity index (χ2v) is 5.38. The number of phenolic OH excluding ortho intramolecular Hbond substituents is 2. The highest BCUT2D eigenvalue weighted by molar-refractivity contribution is 7.99. The third-order valence-electron chi connectivity index (χ3n) is 3.15. The van der Waals surface area contributed by atoms with E-state index in [0.717, 1.165) is 17.7 Å². The van der Waals surface area contributed by atoms with Crippen molar-refractivity contribution in [2.24, 2.45) is 0 Å². The summed E-state index contributed by atoms with van der Waals surface area (Å²) in [5.41, 5.74) is 2.61. The first kappa shape index (κ1) is 13.8. The SMILES string of the molecule is CCc1cccc(Sc2c(O)cccc2O)c1CC. The lowest BCUT2D eigenvalue weighted by atomic mass is 10.0. The van der Waals surface area contributed by atoms with Crippen molar-refractivity contribution in [3.8, 4) is 11.5 Å². The van der Waals surface area contributed by atoms with Crippen LogP contribution < -0.4 is 0 Å². The molecule has 0 saturated heterocycles. The first-order valence-electron chi connectivity index (χ1n) is 6.46. The Morgan fingerprint density at radius 1 is 0.895 bits per heavy atom. The molecule has 0 aromatic heterocycles.